The number of aromatic carboxylic acids is 1. The third kappa shape index (κ3) is 4.66. The summed E-state index contributed by atoms with van der Waals surface area (Å²) in [5, 5.41) is 23.4. The summed E-state index contributed by atoms with van der Waals surface area (Å²) in [4.78, 5) is 25.7. The number of hydrogen-bond donors (Lipinski definition) is 3. The lowest BCUT2D eigenvalue weighted by Crippen LogP contribution is -2.08. The predicted molar refractivity (Wildman–Crippen MR) is 110 cm³/mol. The molecule has 0 unspecified atom stereocenters. The SMILES string of the molecule is Nc1nc(NCCCn2cc(C(=O)O)c(-c3ccc(F)cc3Cl)c2)ccc1[N+](=O)[O-]. The fourth-order valence-corrected chi connectivity index (χ4v) is 3.20. The van der Waals surface area contributed by atoms with E-state index in [0.717, 1.165) is 6.07 Å². The molecular weight excluding hydrogens is 417 g/mol. The summed E-state index contributed by atoms with van der Waals surface area (Å²) in [6, 6.07) is 6.52. The molecule has 0 amide bonds. The van der Waals surface area contributed by atoms with Gasteiger partial charge in [0, 0.05) is 42.7 Å². The van der Waals surface area contributed by atoms with Gasteiger partial charge in [0.2, 0.25) is 5.82 Å². The highest BCUT2D eigenvalue weighted by Gasteiger charge is 2.17. The molecule has 0 aliphatic rings. The van der Waals surface area contributed by atoms with Gasteiger partial charge in [-0.3, -0.25) is 10.1 Å². The van der Waals surface area contributed by atoms with Gasteiger partial charge in [-0.15, -0.1) is 0 Å². The number of nitrogen functional groups attached to an aromatic ring is 1. The number of nitro groups is 1. The molecule has 2 aromatic heterocycles. The molecule has 0 bridgehead atoms. The molecule has 0 spiro atoms. The van der Waals surface area contributed by atoms with Crippen LogP contribution in [0.25, 0.3) is 11.1 Å². The van der Waals surface area contributed by atoms with Crippen LogP contribution in [0.15, 0.2) is 42.7 Å². The maximum absolute atomic E-state index is 13.3. The summed E-state index contributed by atoms with van der Waals surface area (Å²) in [6.45, 7) is 0.950. The van der Waals surface area contributed by atoms with E-state index in [-0.39, 0.29) is 22.1 Å². The van der Waals surface area contributed by atoms with Crippen LogP contribution < -0.4 is 11.1 Å². The number of nitrogens with one attached hydrogen (secondary N) is 1. The third-order valence-corrected chi connectivity index (χ3v) is 4.64. The predicted octanol–water partition coefficient (Wildman–Crippen LogP) is 4.03. The molecule has 30 heavy (non-hydrogen) atoms. The number of aromatic nitrogens is 2. The molecule has 1 aromatic carbocycles. The molecule has 0 saturated carbocycles. The van der Waals surface area contributed by atoms with E-state index in [4.69, 9.17) is 17.3 Å². The fraction of sp³-hybridized carbons (Fsp3) is 0.158. The highest BCUT2D eigenvalue weighted by atomic mass is 35.5. The molecule has 0 aliphatic heterocycles. The average molecular weight is 434 g/mol. The van der Waals surface area contributed by atoms with E-state index in [2.05, 4.69) is 10.3 Å². The van der Waals surface area contributed by atoms with Crippen LogP contribution in [0.5, 0.6) is 0 Å². The number of carboxylic acid groups (broad SMARTS) is 1. The van der Waals surface area contributed by atoms with Gasteiger partial charge >= 0.3 is 11.7 Å². The normalized spacial score (nSPS) is 10.7. The Morgan fingerprint density at radius 2 is 2.07 bits per heavy atom. The lowest BCUT2D eigenvalue weighted by atomic mass is 10.0. The second-order valence-electron chi connectivity index (χ2n) is 6.39. The van der Waals surface area contributed by atoms with Crippen molar-refractivity contribution < 1.29 is 19.2 Å². The van der Waals surface area contributed by atoms with Crippen molar-refractivity contribution in [2.45, 2.75) is 13.0 Å². The van der Waals surface area contributed by atoms with Crippen molar-refractivity contribution in [2.75, 3.05) is 17.6 Å². The monoisotopic (exact) mass is 433 g/mol. The molecule has 0 saturated heterocycles. The van der Waals surface area contributed by atoms with Crippen LogP contribution in [-0.2, 0) is 6.54 Å². The minimum atomic E-state index is -1.12. The van der Waals surface area contributed by atoms with Crippen LogP contribution >= 0.6 is 11.6 Å². The van der Waals surface area contributed by atoms with Crippen molar-refractivity contribution in [3.63, 3.8) is 0 Å². The van der Waals surface area contributed by atoms with Crippen LogP contribution in [0.4, 0.5) is 21.7 Å². The summed E-state index contributed by atoms with van der Waals surface area (Å²) in [7, 11) is 0. The number of nitrogens with zero attached hydrogens (tertiary/aromatic N) is 3. The molecule has 3 rings (SSSR count). The zero-order chi connectivity index (χ0) is 21.8. The van der Waals surface area contributed by atoms with Gasteiger partial charge in [0.1, 0.15) is 11.6 Å². The van der Waals surface area contributed by atoms with Crippen molar-refractivity contribution in [1.29, 1.82) is 0 Å². The van der Waals surface area contributed by atoms with E-state index < -0.39 is 16.7 Å². The maximum atomic E-state index is 13.3. The summed E-state index contributed by atoms with van der Waals surface area (Å²) in [5.74, 6) is -1.41. The van der Waals surface area contributed by atoms with E-state index in [1.807, 2.05) is 0 Å². The molecule has 9 nitrogen and oxygen atoms in total. The molecule has 0 radical (unpaired) electrons. The first-order chi connectivity index (χ1) is 14.3. The van der Waals surface area contributed by atoms with Gasteiger partial charge in [0.25, 0.3) is 0 Å². The first-order valence-corrected chi connectivity index (χ1v) is 9.17. The molecule has 0 atom stereocenters. The van der Waals surface area contributed by atoms with Crippen molar-refractivity contribution in [3.05, 3.63) is 69.2 Å². The standard InChI is InChI=1S/C19H17ClFN5O4/c20-15-8-11(21)2-3-12(15)13-9-25(10-14(13)19(27)28)7-1-6-23-17-5-4-16(26(29)30)18(22)24-17/h2-5,8-10H,1,6-7H2,(H,27,28)(H3,22,23,24). The van der Waals surface area contributed by atoms with E-state index in [0.29, 0.717) is 36.5 Å². The second kappa shape index (κ2) is 8.78. The number of benzene rings is 1. The number of carbonyl (C=O) groups is 1. The summed E-state index contributed by atoms with van der Waals surface area (Å²) in [5.41, 5.74) is 6.17. The zero-order valence-electron chi connectivity index (χ0n) is 15.5. The minimum Gasteiger partial charge on any atom is -0.478 e. The van der Waals surface area contributed by atoms with Gasteiger partial charge in [-0.05, 0) is 30.7 Å². The highest BCUT2D eigenvalue weighted by molar-refractivity contribution is 6.33. The summed E-state index contributed by atoms with van der Waals surface area (Å²) >= 11 is 6.08. The van der Waals surface area contributed by atoms with Crippen LogP contribution in [0.1, 0.15) is 16.8 Å². The Hall–Kier alpha value is -3.66. The summed E-state index contributed by atoms with van der Waals surface area (Å²) < 4.78 is 15.0. The molecule has 2 heterocycles. The smallest absolute Gasteiger partial charge is 0.337 e. The van der Waals surface area contributed by atoms with Crippen molar-refractivity contribution in [3.8, 4) is 11.1 Å². The van der Waals surface area contributed by atoms with E-state index in [1.54, 1.807) is 10.8 Å². The van der Waals surface area contributed by atoms with Crippen LogP contribution in [-0.4, -0.2) is 32.1 Å². The molecule has 156 valence electrons. The number of anilines is 2. The second-order valence-corrected chi connectivity index (χ2v) is 6.80. The highest BCUT2D eigenvalue weighted by Crippen LogP contribution is 2.32. The number of rotatable bonds is 8. The topological polar surface area (TPSA) is 136 Å². The van der Waals surface area contributed by atoms with Gasteiger partial charge in [-0.2, -0.15) is 0 Å². The van der Waals surface area contributed by atoms with Crippen molar-refractivity contribution >= 4 is 34.9 Å². The third-order valence-electron chi connectivity index (χ3n) is 4.33. The first kappa shape index (κ1) is 21.1. The molecule has 0 fully saturated rings. The number of pyridine rings is 1. The Bertz CT molecular complexity index is 1120. The van der Waals surface area contributed by atoms with Crippen LogP contribution in [0.3, 0.4) is 0 Å². The number of halogens is 2. The Kier molecular flexibility index (Phi) is 6.17. The Morgan fingerprint density at radius 3 is 2.70 bits per heavy atom. The quantitative estimate of drug-likeness (QED) is 0.277. The minimum absolute atomic E-state index is 0.0567. The largest absolute Gasteiger partial charge is 0.478 e. The van der Waals surface area contributed by atoms with Crippen LogP contribution in [0.2, 0.25) is 5.02 Å². The number of aryl methyl sites for hydroxylation is 1. The molecule has 0 aliphatic carbocycles. The van der Waals surface area contributed by atoms with Crippen LogP contribution in [0, 0.1) is 15.9 Å². The Balaban J connectivity index is 1.67. The average Bonchev–Trinajstić information content (AvgIpc) is 3.09. The first-order valence-electron chi connectivity index (χ1n) is 8.79. The molecule has 11 heteroatoms. The lowest BCUT2D eigenvalue weighted by molar-refractivity contribution is -0.384. The molecule has 3 aromatic rings. The molecular formula is C19H17ClFN5O4. The van der Waals surface area contributed by atoms with Gasteiger partial charge in [-0.25, -0.2) is 14.2 Å². The maximum Gasteiger partial charge on any atom is 0.337 e. The lowest BCUT2D eigenvalue weighted by Gasteiger charge is -2.07. The van der Waals surface area contributed by atoms with E-state index in [9.17, 15) is 24.4 Å². The Morgan fingerprint density at radius 1 is 1.30 bits per heavy atom. The summed E-state index contributed by atoms with van der Waals surface area (Å²) in [6.07, 6.45) is 3.73. The van der Waals surface area contributed by atoms with Crippen molar-refractivity contribution in [1.82, 2.24) is 9.55 Å². The number of hydrogen-bond acceptors (Lipinski definition) is 6. The fourth-order valence-electron chi connectivity index (χ4n) is 2.93. The number of nitrogens with two attached hydrogens (primary N) is 1. The number of carboxylic acids is 1. The van der Waals surface area contributed by atoms with Gasteiger partial charge in [-0.1, -0.05) is 11.6 Å². The van der Waals surface area contributed by atoms with E-state index in [1.165, 1.54) is 30.5 Å². The van der Waals surface area contributed by atoms with Gasteiger partial charge < -0.3 is 20.7 Å². The van der Waals surface area contributed by atoms with Gasteiger partial charge in [0.15, 0.2) is 0 Å². The van der Waals surface area contributed by atoms with Gasteiger partial charge in [0.05, 0.1) is 15.5 Å². The Labute approximate surface area is 175 Å². The van der Waals surface area contributed by atoms with Crippen molar-refractivity contribution in [2.24, 2.45) is 0 Å². The zero-order valence-corrected chi connectivity index (χ0v) is 16.3. The molecule has 4 N–H and O–H groups in total. The van der Waals surface area contributed by atoms with E-state index >= 15 is 0 Å².